The standard InChI is InChI=1S/C41H52N5O8P/c1-28(2)46(29(3)4)55(52-26-12-24-42)54-37-35(53-39(38(37)50-8)45-25-23-36(43-5)44-40(45)47)27-51-41(30-13-10-9-11-14-30,31-15-19-33(48-6)20-16-31)32-17-21-34(49-7)22-18-32/h9-11,13-23,25,28-29,35,37-39H,12,26-27H2,1-8H3,(H,43,44,47)/t35-,37-,38-,39-,55?/m1/s1. The van der Waals surface area contributed by atoms with Crippen molar-refractivity contribution in [3.8, 4) is 17.6 Å². The van der Waals surface area contributed by atoms with Gasteiger partial charge in [-0.3, -0.25) is 4.57 Å². The van der Waals surface area contributed by atoms with Crippen LogP contribution >= 0.6 is 8.53 Å². The summed E-state index contributed by atoms with van der Waals surface area (Å²) in [5.74, 6) is 1.82. The number of rotatable bonds is 19. The van der Waals surface area contributed by atoms with Crippen LogP contribution in [0.15, 0.2) is 95.9 Å². The Morgan fingerprint density at radius 1 is 0.891 bits per heavy atom. The van der Waals surface area contributed by atoms with Gasteiger partial charge in [0.2, 0.25) is 0 Å². The number of anilines is 1. The van der Waals surface area contributed by atoms with Crippen LogP contribution in [0.4, 0.5) is 5.82 Å². The molecule has 13 nitrogen and oxygen atoms in total. The van der Waals surface area contributed by atoms with Crippen molar-refractivity contribution in [3.05, 3.63) is 118 Å². The molecule has 1 fully saturated rings. The number of hydrogen-bond acceptors (Lipinski definition) is 12. The molecule has 0 amide bonds. The smallest absolute Gasteiger partial charge is 0.351 e. The number of nitrogens with one attached hydrogen (secondary N) is 1. The second-order valence-corrected chi connectivity index (χ2v) is 14.9. The molecule has 14 heteroatoms. The lowest BCUT2D eigenvalue weighted by Gasteiger charge is -2.39. The summed E-state index contributed by atoms with van der Waals surface area (Å²) >= 11 is 0. The molecule has 2 heterocycles. The first-order valence-electron chi connectivity index (χ1n) is 18.3. The zero-order valence-corrected chi connectivity index (χ0v) is 33.6. The SMILES string of the molecule is CNc1ccn([C@@H]2O[C@H](COC(c3ccccc3)(c3ccc(OC)cc3)c3ccc(OC)cc3)[C@@H](OP(OCCC#N)N(C(C)C)C(C)C)[C@H]2OC)c(=O)n1. The third-order valence-corrected chi connectivity index (χ3v) is 11.6. The summed E-state index contributed by atoms with van der Waals surface area (Å²) in [5.41, 5.74) is 0.883. The Hall–Kier alpha value is -4.38. The molecular formula is C41H52N5O8P. The summed E-state index contributed by atoms with van der Waals surface area (Å²) in [6.07, 6.45) is -1.46. The normalized spacial score (nSPS) is 19.1. The van der Waals surface area contributed by atoms with Gasteiger partial charge in [-0.15, -0.1) is 0 Å². The maximum atomic E-state index is 13.4. The molecule has 4 aromatic rings. The van der Waals surface area contributed by atoms with Gasteiger partial charge >= 0.3 is 5.69 Å². The highest BCUT2D eigenvalue weighted by Crippen LogP contribution is 2.51. The van der Waals surface area contributed by atoms with Crippen molar-refractivity contribution < 1.29 is 32.7 Å². The van der Waals surface area contributed by atoms with Gasteiger partial charge in [0.25, 0.3) is 8.53 Å². The van der Waals surface area contributed by atoms with E-state index in [1.54, 1.807) is 40.6 Å². The molecule has 1 unspecified atom stereocenters. The molecule has 3 aromatic carbocycles. The Balaban J connectivity index is 1.64. The van der Waals surface area contributed by atoms with E-state index in [0.717, 1.165) is 16.7 Å². The fraction of sp³-hybridized carbons (Fsp3) is 0.439. The van der Waals surface area contributed by atoms with Gasteiger partial charge in [-0.05, 0) is 74.7 Å². The van der Waals surface area contributed by atoms with E-state index in [-0.39, 0.29) is 31.7 Å². The molecule has 1 aliphatic rings. The Morgan fingerprint density at radius 2 is 1.47 bits per heavy atom. The minimum absolute atomic E-state index is 0.00448. The highest BCUT2D eigenvalue weighted by atomic mass is 31.2. The number of benzene rings is 3. The predicted octanol–water partition coefficient (Wildman–Crippen LogP) is 6.88. The van der Waals surface area contributed by atoms with E-state index >= 15 is 0 Å². The number of aromatic nitrogens is 2. The average molecular weight is 774 g/mol. The number of ether oxygens (including phenoxy) is 5. The Labute approximate surface area is 325 Å². The molecule has 5 rings (SSSR count). The van der Waals surface area contributed by atoms with E-state index in [4.69, 9.17) is 32.7 Å². The maximum Gasteiger partial charge on any atom is 0.351 e. The Morgan fingerprint density at radius 3 is 1.96 bits per heavy atom. The molecule has 0 radical (unpaired) electrons. The van der Waals surface area contributed by atoms with Crippen molar-refractivity contribution in [1.29, 1.82) is 5.26 Å². The highest BCUT2D eigenvalue weighted by Gasteiger charge is 2.51. The van der Waals surface area contributed by atoms with Crippen LogP contribution < -0.4 is 20.5 Å². The van der Waals surface area contributed by atoms with Gasteiger partial charge in [-0.1, -0.05) is 54.6 Å². The van der Waals surface area contributed by atoms with Crippen LogP contribution in [0.3, 0.4) is 0 Å². The van der Waals surface area contributed by atoms with Crippen molar-refractivity contribution in [3.63, 3.8) is 0 Å². The van der Waals surface area contributed by atoms with Crippen LogP contribution in [-0.4, -0.2) is 86.2 Å². The largest absolute Gasteiger partial charge is 0.497 e. The lowest BCUT2D eigenvalue weighted by atomic mass is 9.80. The molecule has 294 valence electrons. The first-order valence-corrected chi connectivity index (χ1v) is 19.4. The van der Waals surface area contributed by atoms with E-state index in [2.05, 4.69) is 48.7 Å². The van der Waals surface area contributed by atoms with Gasteiger partial charge < -0.3 is 38.0 Å². The van der Waals surface area contributed by atoms with Crippen LogP contribution in [0, 0.1) is 11.3 Å². The van der Waals surface area contributed by atoms with Crippen LogP contribution in [-0.2, 0) is 28.9 Å². The summed E-state index contributed by atoms with van der Waals surface area (Å²) in [4.78, 5) is 17.6. The van der Waals surface area contributed by atoms with Gasteiger partial charge in [0.05, 0.1) is 39.9 Å². The zero-order chi connectivity index (χ0) is 39.5. The summed E-state index contributed by atoms with van der Waals surface area (Å²) in [5, 5.41) is 12.3. The summed E-state index contributed by atoms with van der Waals surface area (Å²) < 4.78 is 48.2. The van der Waals surface area contributed by atoms with E-state index in [1.807, 2.05) is 78.9 Å². The highest BCUT2D eigenvalue weighted by molar-refractivity contribution is 7.44. The second-order valence-electron chi connectivity index (χ2n) is 13.4. The van der Waals surface area contributed by atoms with Gasteiger partial charge in [0, 0.05) is 32.4 Å². The lowest BCUT2D eigenvalue weighted by Crippen LogP contribution is -2.43. The molecule has 1 saturated heterocycles. The Kier molecular flexibility index (Phi) is 14.8. The van der Waals surface area contributed by atoms with E-state index in [9.17, 15) is 10.1 Å². The van der Waals surface area contributed by atoms with E-state index < -0.39 is 44.4 Å². The first-order chi connectivity index (χ1) is 26.6. The topological polar surface area (TPSA) is 139 Å². The van der Waals surface area contributed by atoms with Gasteiger partial charge in [-0.2, -0.15) is 10.2 Å². The van der Waals surface area contributed by atoms with Gasteiger partial charge in [0.1, 0.15) is 41.2 Å². The molecular weight excluding hydrogens is 721 g/mol. The summed E-state index contributed by atoms with van der Waals surface area (Å²) in [6.45, 7) is 8.45. The zero-order valence-electron chi connectivity index (χ0n) is 32.7. The Bertz CT molecular complexity index is 1830. The van der Waals surface area contributed by atoms with Crippen molar-refractivity contribution in [2.24, 2.45) is 0 Å². The molecule has 0 spiro atoms. The number of methoxy groups -OCH3 is 3. The third kappa shape index (κ3) is 9.36. The molecule has 55 heavy (non-hydrogen) atoms. The van der Waals surface area contributed by atoms with Crippen LogP contribution in [0.1, 0.15) is 57.0 Å². The summed E-state index contributed by atoms with van der Waals surface area (Å²) in [7, 11) is 4.77. The van der Waals surface area contributed by atoms with Crippen molar-refractivity contribution in [1.82, 2.24) is 14.2 Å². The first kappa shape index (κ1) is 41.8. The maximum absolute atomic E-state index is 13.4. The molecule has 0 saturated carbocycles. The molecule has 1 aromatic heterocycles. The van der Waals surface area contributed by atoms with Crippen LogP contribution in [0.25, 0.3) is 0 Å². The van der Waals surface area contributed by atoms with Gasteiger partial charge in [0.15, 0.2) is 6.23 Å². The third-order valence-electron chi connectivity index (χ3n) is 9.43. The van der Waals surface area contributed by atoms with E-state index in [1.165, 1.54) is 4.57 Å². The van der Waals surface area contributed by atoms with Crippen LogP contribution in [0.5, 0.6) is 11.5 Å². The fourth-order valence-electron chi connectivity index (χ4n) is 6.87. The quantitative estimate of drug-likeness (QED) is 0.0604. The fourth-order valence-corrected chi connectivity index (χ4v) is 8.64. The minimum Gasteiger partial charge on any atom is -0.497 e. The van der Waals surface area contributed by atoms with Crippen molar-refractivity contribution in [2.45, 2.75) is 76.3 Å². The number of hydrogen-bond donors (Lipinski definition) is 1. The minimum atomic E-state index is -1.74. The lowest BCUT2D eigenvalue weighted by molar-refractivity contribution is -0.0957. The van der Waals surface area contributed by atoms with Gasteiger partial charge in [-0.25, -0.2) is 9.46 Å². The summed E-state index contributed by atoms with van der Waals surface area (Å²) in [6, 6.07) is 29.5. The van der Waals surface area contributed by atoms with E-state index in [0.29, 0.717) is 17.3 Å². The molecule has 0 aliphatic carbocycles. The molecule has 1 N–H and O–H groups in total. The molecule has 1 aliphatic heterocycles. The monoisotopic (exact) mass is 773 g/mol. The number of nitriles is 1. The average Bonchev–Trinajstić information content (AvgIpc) is 3.54. The molecule has 0 bridgehead atoms. The van der Waals surface area contributed by atoms with Crippen molar-refractivity contribution >= 4 is 14.3 Å². The molecule has 5 atom stereocenters. The van der Waals surface area contributed by atoms with Crippen LogP contribution in [0.2, 0.25) is 0 Å². The second kappa shape index (κ2) is 19.5. The van der Waals surface area contributed by atoms with Crippen molar-refractivity contribution in [2.75, 3.05) is 46.9 Å². The predicted molar refractivity (Wildman–Crippen MR) is 211 cm³/mol. The number of nitrogens with zero attached hydrogens (tertiary/aromatic N) is 4.